The molecule has 92 valence electrons. The lowest BCUT2D eigenvalue weighted by molar-refractivity contribution is -0.104. The van der Waals surface area contributed by atoms with Crippen LogP contribution in [-0.2, 0) is 16.1 Å². The van der Waals surface area contributed by atoms with E-state index >= 15 is 0 Å². The van der Waals surface area contributed by atoms with Crippen molar-refractivity contribution in [2.24, 2.45) is 0 Å². The summed E-state index contributed by atoms with van der Waals surface area (Å²) in [5.41, 5.74) is 1.86. The second-order valence-corrected chi connectivity index (χ2v) is 3.76. The van der Waals surface area contributed by atoms with E-state index in [1.165, 1.54) is 0 Å². The summed E-state index contributed by atoms with van der Waals surface area (Å²) in [7, 11) is 1.65. The Kier molecular flexibility index (Phi) is 6.04. The first kappa shape index (κ1) is 13.5. The predicted octanol–water partition coefficient (Wildman–Crippen LogP) is 2.75. The van der Waals surface area contributed by atoms with Crippen molar-refractivity contribution in [1.29, 1.82) is 0 Å². The van der Waals surface area contributed by atoms with Crippen LogP contribution in [0.1, 0.15) is 18.9 Å². The maximum Gasteiger partial charge on any atom is 0.145 e. The van der Waals surface area contributed by atoms with Gasteiger partial charge in [-0.3, -0.25) is 4.79 Å². The fourth-order valence-corrected chi connectivity index (χ4v) is 1.33. The van der Waals surface area contributed by atoms with Crippen LogP contribution in [0.5, 0.6) is 5.75 Å². The highest BCUT2D eigenvalue weighted by Gasteiger charge is 1.94. The van der Waals surface area contributed by atoms with Gasteiger partial charge in [-0.2, -0.15) is 0 Å². The van der Waals surface area contributed by atoms with E-state index < -0.39 is 0 Å². The van der Waals surface area contributed by atoms with Crippen molar-refractivity contribution in [1.82, 2.24) is 0 Å². The number of benzene rings is 1. The lowest BCUT2D eigenvalue weighted by Gasteiger charge is -2.04. The summed E-state index contributed by atoms with van der Waals surface area (Å²) in [4.78, 5) is 10.3. The zero-order valence-corrected chi connectivity index (χ0v) is 10.3. The quantitative estimate of drug-likeness (QED) is 0.413. The van der Waals surface area contributed by atoms with Crippen LogP contribution in [0.3, 0.4) is 0 Å². The van der Waals surface area contributed by atoms with Crippen LogP contribution in [-0.4, -0.2) is 20.0 Å². The lowest BCUT2D eigenvalue weighted by atomic mass is 10.2. The van der Waals surface area contributed by atoms with Gasteiger partial charge in [0.2, 0.25) is 0 Å². The smallest absolute Gasteiger partial charge is 0.145 e. The summed E-state index contributed by atoms with van der Waals surface area (Å²) in [5, 5.41) is 0. The molecule has 0 aliphatic rings. The summed E-state index contributed by atoms with van der Waals surface area (Å²) >= 11 is 0. The maximum atomic E-state index is 10.3. The molecule has 0 aliphatic carbocycles. The molecule has 3 heteroatoms. The van der Waals surface area contributed by atoms with Crippen LogP contribution < -0.4 is 4.74 Å². The molecule has 0 unspecified atom stereocenters. The third-order valence-electron chi connectivity index (χ3n) is 2.34. The molecule has 0 saturated heterocycles. The molecule has 0 atom stereocenters. The van der Waals surface area contributed by atoms with Crippen molar-refractivity contribution in [3.63, 3.8) is 0 Å². The summed E-state index contributed by atoms with van der Waals surface area (Å²) in [6.45, 7) is 2.99. The molecule has 17 heavy (non-hydrogen) atoms. The Morgan fingerprint density at radius 3 is 2.59 bits per heavy atom. The fourth-order valence-electron chi connectivity index (χ4n) is 1.33. The van der Waals surface area contributed by atoms with Gasteiger partial charge >= 0.3 is 0 Å². The van der Waals surface area contributed by atoms with Gasteiger partial charge in [0.25, 0.3) is 0 Å². The molecule has 1 rings (SSSR count). The third-order valence-corrected chi connectivity index (χ3v) is 2.34. The highest BCUT2D eigenvalue weighted by molar-refractivity contribution is 5.71. The van der Waals surface area contributed by atoms with Crippen molar-refractivity contribution in [2.75, 3.05) is 13.7 Å². The molecule has 0 N–H and O–H groups in total. The van der Waals surface area contributed by atoms with Gasteiger partial charge in [0.05, 0.1) is 20.3 Å². The minimum absolute atomic E-state index is 0.581. The van der Waals surface area contributed by atoms with E-state index in [0.29, 0.717) is 13.2 Å². The van der Waals surface area contributed by atoms with Crippen molar-refractivity contribution >= 4 is 6.29 Å². The second kappa shape index (κ2) is 7.63. The molecule has 0 radical (unpaired) electrons. The second-order valence-electron chi connectivity index (χ2n) is 3.76. The van der Waals surface area contributed by atoms with Crippen LogP contribution in [0, 0.1) is 0 Å². The molecular formula is C14H18O3. The zero-order chi connectivity index (χ0) is 12.5. The topological polar surface area (TPSA) is 35.5 Å². The first-order valence-electron chi connectivity index (χ1n) is 5.59. The molecule has 1 aromatic carbocycles. The molecule has 0 fully saturated rings. The number of carbonyl (C=O) groups is 1. The van der Waals surface area contributed by atoms with E-state index in [9.17, 15) is 4.79 Å². The summed E-state index contributed by atoms with van der Waals surface area (Å²) in [6, 6.07) is 7.78. The Hall–Kier alpha value is -1.61. The van der Waals surface area contributed by atoms with Crippen molar-refractivity contribution in [3.05, 3.63) is 41.5 Å². The van der Waals surface area contributed by atoms with Crippen LogP contribution in [0.15, 0.2) is 35.9 Å². The van der Waals surface area contributed by atoms with Gasteiger partial charge < -0.3 is 9.47 Å². The summed E-state index contributed by atoms with van der Waals surface area (Å²) in [5.74, 6) is 0.846. The Labute approximate surface area is 102 Å². The third kappa shape index (κ3) is 5.31. The summed E-state index contributed by atoms with van der Waals surface area (Å²) in [6.07, 6.45) is 3.49. The number of hydrogen-bond donors (Lipinski definition) is 0. The first-order chi connectivity index (χ1) is 8.26. The molecule has 1 aromatic rings. The van der Waals surface area contributed by atoms with Gasteiger partial charge in [0.1, 0.15) is 12.0 Å². The van der Waals surface area contributed by atoms with Gasteiger partial charge in [-0.05, 0) is 36.6 Å². The Balaban J connectivity index is 2.24. The number of ether oxygens (including phenoxy) is 2. The van der Waals surface area contributed by atoms with Crippen molar-refractivity contribution < 1.29 is 14.3 Å². The molecule has 0 aromatic heterocycles. The molecular weight excluding hydrogens is 216 g/mol. The van der Waals surface area contributed by atoms with Gasteiger partial charge in [-0.1, -0.05) is 18.2 Å². The highest BCUT2D eigenvalue weighted by Crippen LogP contribution is 2.11. The average molecular weight is 234 g/mol. The first-order valence-corrected chi connectivity index (χ1v) is 5.59. The van der Waals surface area contributed by atoms with E-state index in [0.717, 1.165) is 29.6 Å². The van der Waals surface area contributed by atoms with Crippen molar-refractivity contribution in [2.45, 2.75) is 20.0 Å². The van der Waals surface area contributed by atoms with Gasteiger partial charge in [-0.25, -0.2) is 0 Å². The largest absolute Gasteiger partial charge is 0.497 e. The standard InChI is InChI=1S/C14H18O3/c1-12(10-15)4-3-9-17-11-13-5-7-14(16-2)8-6-13/h4-8,10H,3,9,11H2,1-2H3. The molecule has 0 spiro atoms. The molecule has 0 heterocycles. The van der Waals surface area contributed by atoms with E-state index in [4.69, 9.17) is 9.47 Å². The van der Waals surface area contributed by atoms with E-state index in [-0.39, 0.29) is 0 Å². The predicted molar refractivity (Wildman–Crippen MR) is 67.1 cm³/mol. The molecule has 0 aliphatic heterocycles. The van der Waals surface area contributed by atoms with Crippen LogP contribution in [0.2, 0.25) is 0 Å². The SMILES string of the molecule is COc1ccc(COCCC=C(C)C=O)cc1. The number of methoxy groups -OCH3 is 1. The number of carbonyl (C=O) groups excluding carboxylic acids is 1. The average Bonchev–Trinajstić information content (AvgIpc) is 2.38. The van der Waals surface area contributed by atoms with Crippen LogP contribution >= 0.6 is 0 Å². The molecule has 0 saturated carbocycles. The highest BCUT2D eigenvalue weighted by atomic mass is 16.5. The molecule has 3 nitrogen and oxygen atoms in total. The Bertz CT molecular complexity index is 366. The Morgan fingerprint density at radius 1 is 1.29 bits per heavy atom. The van der Waals surface area contributed by atoms with E-state index in [1.54, 1.807) is 14.0 Å². The minimum Gasteiger partial charge on any atom is -0.497 e. The van der Waals surface area contributed by atoms with E-state index in [1.807, 2.05) is 30.3 Å². The monoisotopic (exact) mass is 234 g/mol. The Morgan fingerprint density at radius 2 is 2.00 bits per heavy atom. The number of allylic oxidation sites excluding steroid dienone is 1. The fraction of sp³-hybridized carbons (Fsp3) is 0.357. The lowest BCUT2D eigenvalue weighted by Crippen LogP contribution is -1.95. The van der Waals surface area contributed by atoms with Gasteiger partial charge in [-0.15, -0.1) is 0 Å². The molecule has 0 bridgehead atoms. The maximum absolute atomic E-state index is 10.3. The zero-order valence-electron chi connectivity index (χ0n) is 10.3. The number of rotatable bonds is 7. The number of aldehydes is 1. The molecule has 0 amide bonds. The van der Waals surface area contributed by atoms with Gasteiger partial charge in [0.15, 0.2) is 0 Å². The van der Waals surface area contributed by atoms with E-state index in [2.05, 4.69) is 0 Å². The summed E-state index contributed by atoms with van der Waals surface area (Å²) < 4.78 is 10.6. The van der Waals surface area contributed by atoms with Crippen molar-refractivity contribution in [3.8, 4) is 5.75 Å². The minimum atomic E-state index is 0.581. The van der Waals surface area contributed by atoms with Crippen LogP contribution in [0.25, 0.3) is 0 Å². The van der Waals surface area contributed by atoms with Gasteiger partial charge in [0, 0.05) is 0 Å². The normalized spacial score (nSPS) is 11.3. The van der Waals surface area contributed by atoms with Crippen LogP contribution in [0.4, 0.5) is 0 Å². The number of hydrogen-bond acceptors (Lipinski definition) is 3.